The fraction of sp³-hybridized carbons (Fsp3) is 0.500. The van der Waals surface area contributed by atoms with E-state index in [9.17, 15) is 4.39 Å². The predicted molar refractivity (Wildman–Crippen MR) is 73.9 cm³/mol. The Labute approximate surface area is 110 Å². The van der Waals surface area contributed by atoms with Gasteiger partial charge in [0.15, 0.2) is 0 Å². The highest BCUT2D eigenvalue weighted by molar-refractivity contribution is 14.1. The van der Waals surface area contributed by atoms with Crippen molar-refractivity contribution in [3.05, 3.63) is 32.6 Å². The Morgan fingerprint density at radius 2 is 1.44 bits per heavy atom. The van der Waals surface area contributed by atoms with Crippen LogP contribution in [0.4, 0.5) is 4.39 Å². The molecule has 90 valence electrons. The van der Waals surface area contributed by atoms with Crippen molar-refractivity contribution in [3.63, 3.8) is 0 Å². The molecule has 0 fully saturated rings. The second-order valence-electron chi connectivity index (χ2n) is 3.82. The standard InChI is InChI=1S/C12H18FIN2/c13-12-9(3-1-5-15)7-11(14)8-10(12)4-2-6-16/h7-8H,1-6,15-16H2. The topological polar surface area (TPSA) is 52.0 Å². The SMILES string of the molecule is NCCCc1cc(I)cc(CCCN)c1F. The second kappa shape index (κ2) is 7.19. The van der Waals surface area contributed by atoms with Gasteiger partial charge in [-0.25, -0.2) is 4.39 Å². The van der Waals surface area contributed by atoms with Crippen LogP contribution in [0, 0.1) is 9.39 Å². The molecule has 1 aromatic rings. The fourth-order valence-corrected chi connectivity index (χ4v) is 2.41. The molecule has 16 heavy (non-hydrogen) atoms. The lowest BCUT2D eigenvalue weighted by molar-refractivity contribution is 0.584. The van der Waals surface area contributed by atoms with Gasteiger partial charge in [0.05, 0.1) is 0 Å². The van der Waals surface area contributed by atoms with Gasteiger partial charge >= 0.3 is 0 Å². The van der Waals surface area contributed by atoms with Crippen LogP contribution in [-0.4, -0.2) is 13.1 Å². The van der Waals surface area contributed by atoms with Gasteiger partial charge in [-0.2, -0.15) is 0 Å². The molecule has 0 aromatic heterocycles. The summed E-state index contributed by atoms with van der Waals surface area (Å²) in [7, 11) is 0. The molecule has 0 radical (unpaired) electrons. The van der Waals surface area contributed by atoms with E-state index in [1.54, 1.807) is 0 Å². The van der Waals surface area contributed by atoms with Crippen molar-refractivity contribution >= 4 is 22.6 Å². The summed E-state index contributed by atoms with van der Waals surface area (Å²) < 4.78 is 15.1. The lowest BCUT2D eigenvalue weighted by atomic mass is 10.0. The third-order valence-electron chi connectivity index (χ3n) is 2.49. The molecule has 4 N–H and O–H groups in total. The minimum Gasteiger partial charge on any atom is -0.330 e. The van der Waals surface area contributed by atoms with Gasteiger partial charge in [0.25, 0.3) is 0 Å². The third kappa shape index (κ3) is 3.99. The van der Waals surface area contributed by atoms with Crippen LogP contribution in [0.5, 0.6) is 0 Å². The maximum Gasteiger partial charge on any atom is 0.129 e. The Bertz CT molecular complexity index is 313. The normalized spacial score (nSPS) is 10.8. The average Bonchev–Trinajstić information content (AvgIpc) is 2.28. The highest BCUT2D eigenvalue weighted by atomic mass is 127. The van der Waals surface area contributed by atoms with Gasteiger partial charge in [0.1, 0.15) is 5.82 Å². The maximum absolute atomic E-state index is 14.0. The number of rotatable bonds is 6. The Morgan fingerprint density at radius 1 is 1.00 bits per heavy atom. The second-order valence-corrected chi connectivity index (χ2v) is 5.07. The van der Waals surface area contributed by atoms with Crippen LogP contribution >= 0.6 is 22.6 Å². The zero-order chi connectivity index (χ0) is 12.0. The van der Waals surface area contributed by atoms with Crippen molar-refractivity contribution in [1.82, 2.24) is 0 Å². The first-order chi connectivity index (χ1) is 7.69. The Kier molecular flexibility index (Phi) is 6.23. The van der Waals surface area contributed by atoms with E-state index in [1.165, 1.54) is 0 Å². The minimum absolute atomic E-state index is 0.0673. The van der Waals surface area contributed by atoms with Crippen LogP contribution in [0.15, 0.2) is 12.1 Å². The fourth-order valence-electron chi connectivity index (χ4n) is 1.66. The van der Waals surface area contributed by atoms with E-state index < -0.39 is 0 Å². The van der Waals surface area contributed by atoms with Gasteiger partial charge in [-0.15, -0.1) is 0 Å². The van der Waals surface area contributed by atoms with Gasteiger partial charge < -0.3 is 11.5 Å². The number of nitrogens with two attached hydrogens (primary N) is 2. The summed E-state index contributed by atoms with van der Waals surface area (Å²) >= 11 is 2.22. The van der Waals surface area contributed by atoms with Crippen LogP contribution in [-0.2, 0) is 12.8 Å². The molecule has 0 heterocycles. The molecular weight excluding hydrogens is 318 g/mol. The van der Waals surface area contributed by atoms with Gasteiger partial charge in [0, 0.05) is 3.57 Å². The quantitative estimate of drug-likeness (QED) is 0.783. The molecule has 0 aliphatic heterocycles. The molecule has 0 aliphatic carbocycles. The van der Waals surface area contributed by atoms with Crippen LogP contribution in [0.1, 0.15) is 24.0 Å². The number of hydrogen-bond acceptors (Lipinski definition) is 2. The molecule has 0 saturated heterocycles. The van der Waals surface area contributed by atoms with Crippen molar-refractivity contribution in [1.29, 1.82) is 0 Å². The molecule has 4 heteroatoms. The summed E-state index contributed by atoms with van der Waals surface area (Å²) in [6.07, 6.45) is 3.09. The molecule has 0 spiro atoms. The molecule has 0 unspecified atom stereocenters. The molecule has 2 nitrogen and oxygen atoms in total. The summed E-state index contributed by atoms with van der Waals surface area (Å²) in [4.78, 5) is 0. The number of halogens is 2. The predicted octanol–water partition coefficient (Wildman–Crippen LogP) is 2.21. The third-order valence-corrected chi connectivity index (χ3v) is 3.11. The van der Waals surface area contributed by atoms with Crippen LogP contribution in [0.3, 0.4) is 0 Å². The summed E-state index contributed by atoms with van der Waals surface area (Å²) in [5.41, 5.74) is 12.4. The van der Waals surface area contributed by atoms with Crippen molar-refractivity contribution in [2.45, 2.75) is 25.7 Å². The molecular formula is C12H18FIN2. The van der Waals surface area contributed by atoms with Gasteiger partial charge in [-0.1, -0.05) is 0 Å². The monoisotopic (exact) mass is 336 g/mol. The lowest BCUT2D eigenvalue weighted by Gasteiger charge is -2.09. The van der Waals surface area contributed by atoms with E-state index >= 15 is 0 Å². The minimum atomic E-state index is -0.0673. The van der Waals surface area contributed by atoms with Crippen molar-refractivity contribution < 1.29 is 4.39 Å². The molecule has 1 rings (SSSR count). The first-order valence-electron chi connectivity index (χ1n) is 5.56. The summed E-state index contributed by atoms with van der Waals surface area (Å²) in [6, 6.07) is 3.80. The van der Waals surface area contributed by atoms with E-state index in [4.69, 9.17) is 11.5 Å². The van der Waals surface area contributed by atoms with E-state index in [1.807, 2.05) is 12.1 Å². The molecule has 0 saturated carbocycles. The van der Waals surface area contributed by atoms with Crippen LogP contribution < -0.4 is 11.5 Å². The molecule has 0 amide bonds. The van der Waals surface area contributed by atoms with E-state index in [0.29, 0.717) is 13.1 Å². The van der Waals surface area contributed by atoms with Crippen molar-refractivity contribution in [2.24, 2.45) is 11.5 Å². The number of benzene rings is 1. The number of hydrogen-bond donors (Lipinski definition) is 2. The van der Waals surface area contributed by atoms with Crippen molar-refractivity contribution in [2.75, 3.05) is 13.1 Å². The summed E-state index contributed by atoms with van der Waals surface area (Å²) in [5, 5.41) is 0. The molecule has 0 aliphatic rings. The zero-order valence-corrected chi connectivity index (χ0v) is 11.5. The van der Waals surface area contributed by atoms with Gasteiger partial charge in [0.2, 0.25) is 0 Å². The maximum atomic E-state index is 14.0. The van der Waals surface area contributed by atoms with Crippen LogP contribution in [0.25, 0.3) is 0 Å². The Morgan fingerprint density at radius 3 is 1.81 bits per heavy atom. The van der Waals surface area contributed by atoms with E-state index in [0.717, 1.165) is 40.4 Å². The zero-order valence-electron chi connectivity index (χ0n) is 9.31. The first kappa shape index (κ1) is 13.9. The highest BCUT2D eigenvalue weighted by Crippen LogP contribution is 2.20. The lowest BCUT2D eigenvalue weighted by Crippen LogP contribution is -2.06. The molecule has 1 aromatic carbocycles. The van der Waals surface area contributed by atoms with Gasteiger partial charge in [-0.05, 0) is 84.6 Å². The van der Waals surface area contributed by atoms with Crippen LogP contribution in [0.2, 0.25) is 0 Å². The molecule has 0 bridgehead atoms. The van der Waals surface area contributed by atoms with E-state index in [2.05, 4.69) is 22.6 Å². The average molecular weight is 336 g/mol. The molecule has 0 atom stereocenters. The van der Waals surface area contributed by atoms with Crippen molar-refractivity contribution in [3.8, 4) is 0 Å². The summed E-state index contributed by atoms with van der Waals surface area (Å²) in [5.74, 6) is -0.0673. The first-order valence-corrected chi connectivity index (χ1v) is 6.64. The smallest absolute Gasteiger partial charge is 0.129 e. The number of aryl methyl sites for hydroxylation is 2. The largest absolute Gasteiger partial charge is 0.330 e. The highest BCUT2D eigenvalue weighted by Gasteiger charge is 2.09. The van der Waals surface area contributed by atoms with Gasteiger partial charge in [-0.3, -0.25) is 0 Å². The summed E-state index contributed by atoms with van der Waals surface area (Å²) in [6.45, 7) is 1.20. The van der Waals surface area contributed by atoms with E-state index in [-0.39, 0.29) is 5.82 Å². The Balaban J connectivity index is 2.86. The Hall–Kier alpha value is -0.200.